The zero-order valence-corrected chi connectivity index (χ0v) is 24.4. The summed E-state index contributed by atoms with van der Waals surface area (Å²) in [6, 6.07) is 15.7. The Morgan fingerprint density at radius 3 is 2.27 bits per heavy atom. The zero-order valence-electron chi connectivity index (χ0n) is 19.0. The molecule has 0 saturated carbocycles. The van der Waals surface area contributed by atoms with Crippen molar-refractivity contribution in [3.8, 4) is 11.1 Å². The van der Waals surface area contributed by atoms with Crippen LogP contribution in [0.1, 0.15) is 21.7 Å². The van der Waals surface area contributed by atoms with Crippen molar-refractivity contribution in [3.63, 3.8) is 0 Å². The first kappa shape index (κ1) is 27.1. The van der Waals surface area contributed by atoms with Crippen LogP contribution in [0, 0.1) is 0 Å². The van der Waals surface area contributed by atoms with Gasteiger partial charge in [-0.2, -0.15) is 0 Å². The average molecular weight is 634 g/mol. The van der Waals surface area contributed by atoms with Crippen molar-refractivity contribution >= 4 is 95.2 Å². The Hall–Kier alpha value is -1.51. The fourth-order valence-corrected chi connectivity index (χ4v) is 9.06. The fourth-order valence-electron chi connectivity index (χ4n) is 4.48. The Morgan fingerprint density at radius 2 is 1.62 bits per heavy atom. The number of thiophene rings is 1. The van der Waals surface area contributed by atoms with E-state index in [0.717, 1.165) is 16.7 Å². The van der Waals surface area contributed by atoms with Crippen LogP contribution in [0.15, 0.2) is 54.6 Å². The highest BCUT2D eigenvalue weighted by atomic mass is 35.5. The van der Waals surface area contributed by atoms with E-state index in [1.165, 1.54) is 11.3 Å². The molecule has 4 nitrogen and oxygen atoms in total. The topological polar surface area (TPSA) is 54.5 Å². The van der Waals surface area contributed by atoms with Gasteiger partial charge in [0.1, 0.15) is 4.88 Å². The van der Waals surface area contributed by atoms with E-state index in [0.29, 0.717) is 41.5 Å². The lowest BCUT2D eigenvalue weighted by Crippen LogP contribution is -2.40. The molecule has 1 aliphatic heterocycles. The molecule has 3 aromatic carbocycles. The molecule has 0 radical (unpaired) electrons. The normalized spacial score (nSPS) is 16.8. The second-order valence-electron chi connectivity index (χ2n) is 8.82. The highest BCUT2D eigenvalue weighted by molar-refractivity contribution is 7.91. The van der Waals surface area contributed by atoms with Gasteiger partial charge in [0.25, 0.3) is 5.91 Å². The summed E-state index contributed by atoms with van der Waals surface area (Å²) in [4.78, 5) is 15.7. The molecule has 5 rings (SSSR count). The Balaban J connectivity index is 1.49. The number of hydrogen-bond donors (Lipinski definition) is 0. The van der Waals surface area contributed by atoms with Gasteiger partial charge in [-0.25, -0.2) is 8.42 Å². The maximum atomic E-state index is 13.9. The van der Waals surface area contributed by atoms with Crippen LogP contribution in [0.2, 0.25) is 25.1 Å². The summed E-state index contributed by atoms with van der Waals surface area (Å²) in [5, 5.41) is 2.68. The average Bonchev–Trinajstić information content (AvgIpc) is 3.36. The third-order valence-corrected chi connectivity index (χ3v) is 10.7. The first-order valence-corrected chi connectivity index (χ1v) is 15.7. The van der Waals surface area contributed by atoms with E-state index in [9.17, 15) is 13.2 Å². The van der Waals surface area contributed by atoms with Crippen molar-refractivity contribution in [2.75, 3.05) is 11.5 Å². The van der Waals surface area contributed by atoms with E-state index < -0.39 is 15.9 Å². The lowest BCUT2D eigenvalue weighted by atomic mass is 10.0. The second-order valence-corrected chi connectivity index (χ2v) is 14.2. The monoisotopic (exact) mass is 631 g/mol. The Bertz CT molecular complexity index is 1630. The van der Waals surface area contributed by atoms with E-state index in [1.807, 2.05) is 30.3 Å². The number of nitrogens with zero attached hydrogens (tertiary/aromatic N) is 1. The Kier molecular flexibility index (Phi) is 7.74. The Morgan fingerprint density at radius 1 is 0.919 bits per heavy atom. The zero-order chi connectivity index (χ0) is 26.5. The smallest absolute Gasteiger partial charge is 0.266 e. The van der Waals surface area contributed by atoms with Crippen LogP contribution >= 0.6 is 69.3 Å². The van der Waals surface area contributed by atoms with E-state index in [1.54, 1.807) is 29.2 Å². The van der Waals surface area contributed by atoms with Gasteiger partial charge in [0, 0.05) is 43.3 Å². The third kappa shape index (κ3) is 5.62. The summed E-state index contributed by atoms with van der Waals surface area (Å²) in [5.41, 5.74) is 2.57. The van der Waals surface area contributed by atoms with Gasteiger partial charge in [-0.05, 0) is 41.8 Å². The van der Waals surface area contributed by atoms with Crippen molar-refractivity contribution in [1.29, 1.82) is 0 Å². The number of carbonyl (C=O) groups is 1. The van der Waals surface area contributed by atoms with E-state index in [-0.39, 0.29) is 29.0 Å². The minimum Gasteiger partial charge on any atom is -0.330 e. The van der Waals surface area contributed by atoms with Crippen molar-refractivity contribution in [2.24, 2.45) is 0 Å². The molecule has 0 bridgehead atoms. The van der Waals surface area contributed by atoms with E-state index >= 15 is 0 Å². The predicted octanol–water partition coefficient (Wildman–Crippen LogP) is 8.66. The number of benzene rings is 3. The molecule has 1 saturated heterocycles. The number of rotatable bonds is 5. The molecule has 1 aromatic heterocycles. The van der Waals surface area contributed by atoms with Crippen molar-refractivity contribution in [1.82, 2.24) is 4.90 Å². The molecule has 1 fully saturated rings. The van der Waals surface area contributed by atoms with Gasteiger partial charge < -0.3 is 4.90 Å². The van der Waals surface area contributed by atoms with Crippen molar-refractivity contribution in [3.05, 3.63) is 90.2 Å². The van der Waals surface area contributed by atoms with Gasteiger partial charge in [0.05, 0.1) is 21.6 Å². The Labute approximate surface area is 243 Å². The van der Waals surface area contributed by atoms with E-state index in [2.05, 4.69) is 0 Å². The van der Waals surface area contributed by atoms with Gasteiger partial charge in [-0.15, -0.1) is 11.3 Å². The van der Waals surface area contributed by atoms with Gasteiger partial charge >= 0.3 is 0 Å². The molecular formula is C26H18Cl5NO3S2. The molecule has 0 N–H and O–H groups in total. The number of hydrogen-bond acceptors (Lipinski definition) is 4. The van der Waals surface area contributed by atoms with Crippen LogP contribution in [0.4, 0.5) is 0 Å². The van der Waals surface area contributed by atoms with Gasteiger partial charge in [0.2, 0.25) is 0 Å². The lowest BCUT2D eigenvalue weighted by molar-refractivity contribution is 0.0686. The number of sulfone groups is 1. The summed E-state index contributed by atoms with van der Waals surface area (Å²) in [6.07, 6.45) is 0.363. The summed E-state index contributed by atoms with van der Waals surface area (Å²) >= 11 is 32.7. The molecule has 0 spiro atoms. The molecule has 37 heavy (non-hydrogen) atoms. The quantitative estimate of drug-likeness (QED) is 0.221. The van der Waals surface area contributed by atoms with Crippen molar-refractivity contribution < 1.29 is 13.2 Å². The van der Waals surface area contributed by atoms with Gasteiger partial charge in [0.15, 0.2) is 9.84 Å². The number of fused-ring (bicyclic) bond motifs is 1. The SMILES string of the molecule is O=C(c1sc2cc(Cl)cc(Cl)c2c1Cl)N(Cc1ccc(-c2ccc(Cl)cc2Cl)cc1)C1CCS(=O)(=O)C1. The van der Waals surface area contributed by atoms with Crippen LogP contribution < -0.4 is 0 Å². The highest BCUT2D eigenvalue weighted by Crippen LogP contribution is 2.42. The molecule has 2 heterocycles. The second kappa shape index (κ2) is 10.6. The molecule has 11 heteroatoms. The van der Waals surface area contributed by atoms with E-state index in [4.69, 9.17) is 58.0 Å². The molecule has 1 amide bonds. The number of carbonyl (C=O) groups excluding carboxylic acids is 1. The van der Waals surface area contributed by atoms with Crippen LogP contribution in [0.5, 0.6) is 0 Å². The summed E-state index contributed by atoms with van der Waals surface area (Å²) in [5.74, 6) is -0.395. The molecule has 192 valence electrons. The molecule has 1 aliphatic rings. The maximum absolute atomic E-state index is 13.9. The predicted molar refractivity (Wildman–Crippen MR) is 156 cm³/mol. The fraction of sp³-hybridized carbons (Fsp3) is 0.192. The summed E-state index contributed by atoms with van der Waals surface area (Å²) in [7, 11) is -3.23. The number of amides is 1. The molecular weight excluding hydrogens is 616 g/mol. The lowest BCUT2D eigenvalue weighted by Gasteiger charge is -2.28. The number of halogens is 5. The van der Waals surface area contributed by atoms with Gasteiger partial charge in [-0.1, -0.05) is 88.3 Å². The van der Waals surface area contributed by atoms with Crippen LogP contribution in [-0.2, 0) is 16.4 Å². The van der Waals surface area contributed by atoms with Crippen LogP contribution in [0.25, 0.3) is 21.2 Å². The maximum Gasteiger partial charge on any atom is 0.266 e. The van der Waals surface area contributed by atoms with Gasteiger partial charge in [-0.3, -0.25) is 4.79 Å². The molecule has 1 unspecified atom stereocenters. The molecule has 0 aliphatic carbocycles. The minimum atomic E-state index is -3.23. The first-order chi connectivity index (χ1) is 17.5. The summed E-state index contributed by atoms with van der Waals surface area (Å²) < 4.78 is 25.3. The third-order valence-electron chi connectivity index (χ3n) is 6.30. The first-order valence-electron chi connectivity index (χ1n) is 11.2. The van der Waals surface area contributed by atoms with Crippen LogP contribution in [0.3, 0.4) is 0 Å². The van der Waals surface area contributed by atoms with Crippen LogP contribution in [-0.4, -0.2) is 36.8 Å². The minimum absolute atomic E-state index is 0.0387. The molecule has 1 atom stereocenters. The highest BCUT2D eigenvalue weighted by Gasteiger charge is 2.36. The molecule has 4 aromatic rings. The standard InChI is InChI=1S/C26H18Cl5NO3S2/c27-16-5-6-19(20(29)9-16)15-3-1-14(2-4-15)12-32(18-7-8-37(34,35)13-18)26(33)25-24(31)23-21(30)10-17(28)11-22(23)36-25/h1-6,9-11,18H,7-8,12-13H2. The largest absolute Gasteiger partial charge is 0.330 e. The van der Waals surface area contributed by atoms with Crippen molar-refractivity contribution in [2.45, 2.75) is 19.0 Å². The summed E-state index contributed by atoms with van der Waals surface area (Å²) in [6.45, 7) is 0.215.